The van der Waals surface area contributed by atoms with Crippen molar-refractivity contribution in [1.82, 2.24) is 0 Å². The molecular formula is C15H14ClNO3. The Morgan fingerprint density at radius 3 is 2.70 bits per heavy atom. The first-order chi connectivity index (χ1) is 9.39. The molecule has 0 saturated heterocycles. The summed E-state index contributed by atoms with van der Waals surface area (Å²) in [5, 5.41) is 13.4. The third-order valence-electron chi connectivity index (χ3n) is 3.71. The topological polar surface area (TPSA) is 62.5 Å². The highest BCUT2D eigenvalue weighted by Gasteiger charge is 2.38. The summed E-state index contributed by atoms with van der Waals surface area (Å²) >= 11 is 5.72. The Bertz CT molecular complexity index is 690. The molecule has 2 N–H and O–H groups in total. The smallest absolute Gasteiger partial charge is 0.234 e. The molecule has 1 unspecified atom stereocenters. The maximum absolute atomic E-state index is 11.9. The van der Waals surface area contributed by atoms with E-state index in [2.05, 4.69) is 5.32 Å². The number of carbonyl (C=O) groups excluding carboxylic acids is 1. The van der Waals surface area contributed by atoms with E-state index in [0.29, 0.717) is 11.3 Å². The summed E-state index contributed by atoms with van der Waals surface area (Å²) in [5.41, 5.74) is 1.72. The second-order valence-electron chi connectivity index (χ2n) is 5.43. The molecule has 0 fully saturated rings. The van der Waals surface area contributed by atoms with E-state index in [1.165, 1.54) is 0 Å². The lowest BCUT2D eigenvalue weighted by molar-refractivity contribution is -0.119. The van der Waals surface area contributed by atoms with E-state index in [0.717, 1.165) is 11.3 Å². The van der Waals surface area contributed by atoms with Crippen molar-refractivity contribution in [1.29, 1.82) is 0 Å². The molecule has 1 amide bonds. The molecule has 0 saturated carbocycles. The van der Waals surface area contributed by atoms with Gasteiger partial charge in [-0.25, -0.2) is 0 Å². The van der Waals surface area contributed by atoms with E-state index in [-0.39, 0.29) is 11.1 Å². The van der Waals surface area contributed by atoms with Gasteiger partial charge in [-0.15, -0.1) is 0 Å². The first kappa shape index (κ1) is 13.2. The summed E-state index contributed by atoms with van der Waals surface area (Å²) in [6.45, 7) is 3.71. The molecule has 1 aliphatic heterocycles. The van der Waals surface area contributed by atoms with Gasteiger partial charge in [-0.3, -0.25) is 4.79 Å². The SMILES string of the molecule is CC1(C)C(=O)Nc2ccc(C(O)c3ccc(Cl)o3)cc21. The number of halogens is 1. The first-order valence-electron chi connectivity index (χ1n) is 6.29. The normalized spacial score (nSPS) is 17.7. The molecule has 2 aromatic rings. The van der Waals surface area contributed by atoms with Crippen molar-refractivity contribution in [3.8, 4) is 0 Å². The number of benzene rings is 1. The predicted molar refractivity (Wildman–Crippen MR) is 75.9 cm³/mol. The van der Waals surface area contributed by atoms with Gasteiger partial charge in [0, 0.05) is 5.69 Å². The van der Waals surface area contributed by atoms with E-state index in [4.69, 9.17) is 16.0 Å². The molecule has 2 heterocycles. The highest BCUT2D eigenvalue weighted by Crippen LogP contribution is 2.39. The molecule has 0 aliphatic carbocycles. The Hall–Kier alpha value is -1.78. The Labute approximate surface area is 121 Å². The maximum atomic E-state index is 11.9. The molecular weight excluding hydrogens is 278 g/mol. The average molecular weight is 292 g/mol. The van der Waals surface area contributed by atoms with Crippen LogP contribution in [0.25, 0.3) is 0 Å². The number of anilines is 1. The van der Waals surface area contributed by atoms with Crippen LogP contribution in [0.15, 0.2) is 34.7 Å². The van der Waals surface area contributed by atoms with Crippen LogP contribution in [0.4, 0.5) is 5.69 Å². The van der Waals surface area contributed by atoms with Gasteiger partial charge in [0.2, 0.25) is 5.91 Å². The van der Waals surface area contributed by atoms with Crippen LogP contribution in [-0.4, -0.2) is 11.0 Å². The summed E-state index contributed by atoms with van der Waals surface area (Å²) in [4.78, 5) is 11.9. The van der Waals surface area contributed by atoms with Crippen LogP contribution in [0, 0.1) is 0 Å². The lowest BCUT2D eigenvalue weighted by Crippen LogP contribution is -2.26. The maximum Gasteiger partial charge on any atom is 0.234 e. The number of carbonyl (C=O) groups is 1. The molecule has 20 heavy (non-hydrogen) atoms. The third kappa shape index (κ3) is 1.92. The van der Waals surface area contributed by atoms with E-state index >= 15 is 0 Å². The number of furan rings is 1. The zero-order valence-electron chi connectivity index (χ0n) is 11.1. The van der Waals surface area contributed by atoms with Gasteiger partial charge in [-0.2, -0.15) is 0 Å². The Morgan fingerprint density at radius 2 is 2.05 bits per heavy atom. The molecule has 3 rings (SSSR count). The minimum atomic E-state index is -0.903. The Kier molecular flexibility index (Phi) is 2.88. The third-order valence-corrected chi connectivity index (χ3v) is 3.92. The fraction of sp³-hybridized carbons (Fsp3) is 0.267. The lowest BCUT2D eigenvalue weighted by Gasteiger charge is -2.17. The van der Waals surface area contributed by atoms with Gasteiger partial charge in [-0.1, -0.05) is 6.07 Å². The van der Waals surface area contributed by atoms with Gasteiger partial charge in [0.05, 0.1) is 5.41 Å². The molecule has 104 valence electrons. The van der Waals surface area contributed by atoms with Crippen molar-refractivity contribution in [3.63, 3.8) is 0 Å². The van der Waals surface area contributed by atoms with Gasteiger partial charge in [0.15, 0.2) is 5.22 Å². The summed E-state index contributed by atoms with van der Waals surface area (Å²) in [5.74, 6) is 0.338. The van der Waals surface area contributed by atoms with Gasteiger partial charge in [-0.05, 0) is 60.8 Å². The van der Waals surface area contributed by atoms with Crippen LogP contribution in [0.3, 0.4) is 0 Å². The predicted octanol–water partition coefficient (Wildman–Crippen LogP) is 3.24. The fourth-order valence-corrected chi connectivity index (χ4v) is 2.55. The largest absolute Gasteiger partial charge is 0.447 e. The molecule has 1 aromatic carbocycles. The van der Waals surface area contributed by atoms with Gasteiger partial charge in [0.25, 0.3) is 0 Å². The summed E-state index contributed by atoms with van der Waals surface area (Å²) in [6.07, 6.45) is -0.903. The van der Waals surface area contributed by atoms with Crippen molar-refractivity contribution in [3.05, 3.63) is 52.4 Å². The fourth-order valence-electron chi connectivity index (χ4n) is 2.40. The number of rotatable bonds is 2. The molecule has 1 aliphatic rings. The van der Waals surface area contributed by atoms with Gasteiger partial charge >= 0.3 is 0 Å². The van der Waals surface area contributed by atoms with Crippen molar-refractivity contribution in [2.45, 2.75) is 25.4 Å². The molecule has 0 spiro atoms. The van der Waals surface area contributed by atoms with E-state index in [9.17, 15) is 9.90 Å². The number of hydrogen-bond donors (Lipinski definition) is 2. The summed E-state index contributed by atoms with van der Waals surface area (Å²) < 4.78 is 5.23. The van der Waals surface area contributed by atoms with Crippen molar-refractivity contribution < 1.29 is 14.3 Å². The van der Waals surface area contributed by atoms with Crippen molar-refractivity contribution in [2.24, 2.45) is 0 Å². The molecule has 1 atom stereocenters. The molecule has 0 radical (unpaired) electrons. The highest BCUT2D eigenvalue weighted by molar-refractivity contribution is 6.28. The van der Waals surface area contributed by atoms with Crippen molar-refractivity contribution in [2.75, 3.05) is 5.32 Å². The average Bonchev–Trinajstić information content (AvgIpc) is 2.92. The number of aliphatic hydroxyl groups is 1. The van der Waals surface area contributed by atoms with E-state index in [1.54, 1.807) is 24.3 Å². The van der Waals surface area contributed by atoms with Crippen LogP contribution >= 0.6 is 11.6 Å². The number of nitrogens with one attached hydrogen (secondary N) is 1. The quantitative estimate of drug-likeness (QED) is 0.893. The van der Waals surface area contributed by atoms with Crippen molar-refractivity contribution >= 4 is 23.2 Å². The van der Waals surface area contributed by atoms with Crippen LogP contribution in [0.2, 0.25) is 5.22 Å². The first-order valence-corrected chi connectivity index (χ1v) is 6.66. The zero-order chi connectivity index (χ0) is 14.5. The number of amides is 1. The lowest BCUT2D eigenvalue weighted by atomic mass is 9.85. The Morgan fingerprint density at radius 1 is 1.30 bits per heavy atom. The van der Waals surface area contributed by atoms with Crippen LogP contribution in [0.1, 0.15) is 36.8 Å². The summed E-state index contributed by atoms with van der Waals surface area (Å²) in [6, 6.07) is 8.61. The molecule has 0 bridgehead atoms. The molecule has 1 aromatic heterocycles. The van der Waals surface area contributed by atoms with E-state index < -0.39 is 11.5 Å². The summed E-state index contributed by atoms with van der Waals surface area (Å²) in [7, 11) is 0. The second kappa shape index (κ2) is 4.36. The van der Waals surface area contributed by atoms with Crippen LogP contribution < -0.4 is 5.32 Å². The minimum absolute atomic E-state index is 0.0415. The highest BCUT2D eigenvalue weighted by atomic mass is 35.5. The molecule has 4 nitrogen and oxygen atoms in total. The van der Waals surface area contributed by atoms with E-state index in [1.807, 2.05) is 19.9 Å². The minimum Gasteiger partial charge on any atom is -0.447 e. The number of fused-ring (bicyclic) bond motifs is 1. The number of aliphatic hydroxyl groups excluding tert-OH is 1. The van der Waals surface area contributed by atoms with Gasteiger partial charge < -0.3 is 14.8 Å². The van der Waals surface area contributed by atoms with Crippen LogP contribution in [0.5, 0.6) is 0 Å². The number of hydrogen-bond acceptors (Lipinski definition) is 3. The van der Waals surface area contributed by atoms with Gasteiger partial charge in [0.1, 0.15) is 11.9 Å². The standard InChI is InChI=1S/C15H14ClNO3/c1-15(2)9-7-8(3-4-10(9)17-14(15)19)13(18)11-5-6-12(16)20-11/h3-7,13,18H,1-2H3,(H,17,19). The second-order valence-corrected chi connectivity index (χ2v) is 5.80. The molecule has 5 heteroatoms. The zero-order valence-corrected chi connectivity index (χ0v) is 11.9. The monoisotopic (exact) mass is 291 g/mol. The van der Waals surface area contributed by atoms with Crippen LogP contribution in [-0.2, 0) is 10.2 Å². The Balaban J connectivity index is 2.02.